The quantitative estimate of drug-likeness (QED) is 0.272. The third-order valence-corrected chi connectivity index (χ3v) is 2.86. The summed E-state index contributed by atoms with van der Waals surface area (Å²) in [6.07, 6.45) is 1.21. The van der Waals surface area contributed by atoms with E-state index in [1.165, 1.54) is 32.1 Å². The summed E-state index contributed by atoms with van der Waals surface area (Å²) in [7, 11) is 0. The lowest BCUT2D eigenvalue weighted by Gasteiger charge is -2.29. The van der Waals surface area contributed by atoms with Crippen molar-refractivity contribution in [3.05, 3.63) is 45.0 Å². The minimum absolute atomic E-state index is 0.0952. The molecule has 0 aliphatic carbocycles. The summed E-state index contributed by atoms with van der Waals surface area (Å²) in [5.74, 6) is -2.95. The molecule has 1 aromatic carbocycles. The summed E-state index contributed by atoms with van der Waals surface area (Å²) in [6, 6.07) is 4.38. The number of carbonyl (C=O) groups excluding carboxylic acids is 2. The molecule has 1 aromatic rings. The Hall–Kier alpha value is -2.70. The van der Waals surface area contributed by atoms with Crippen molar-refractivity contribution in [1.29, 1.82) is 0 Å². The van der Waals surface area contributed by atoms with Gasteiger partial charge in [-0.05, 0) is 18.6 Å². The molecule has 110 valence electrons. The Kier molecular flexibility index (Phi) is 3.51. The van der Waals surface area contributed by atoms with Gasteiger partial charge in [0.1, 0.15) is 5.57 Å². The number of hydrogen-bond acceptors (Lipinski definition) is 6. The van der Waals surface area contributed by atoms with E-state index < -0.39 is 22.6 Å². The van der Waals surface area contributed by atoms with Crippen LogP contribution in [0.15, 0.2) is 23.8 Å². The molecule has 21 heavy (non-hydrogen) atoms. The zero-order valence-electron chi connectivity index (χ0n) is 11.7. The maximum Gasteiger partial charge on any atom is 0.348 e. The standard InChI is InChI=1S/C14H13NO6/c1-8-4-5-9(7-11(8)15(18)19)6-10-12(16)20-14(2,3)21-13(10)17/h4-7H,1-3H3. The van der Waals surface area contributed by atoms with Crippen LogP contribution < -0.4 is 0 Å². The van der Waals surface area contributed by atoms with E-state index in [9.17, 15) is 19.7 Å². The molecule has 1 aliphatic heterocycles. The molecule has 7 heteroatoms. The van der Waals surface area contributed by atoms with Gasteiger partial charge in [0.05, 0.1) is 4.92 Å². The lowest BCUT2D eigenvalue weighted by atomic mass is 10.1. The monoisotopic (exact) mass is 291 g/mol. The highest BCUT2D eigenvalue weighted by Crippen LogP contribution is 2.26. The molecule has 0 unspecified atom stereocenters. The van der Waals surface area contributed by atoms with E-state index in [0.29, 0.717) is 11.1 Å². The third-order valence-electron chi connectivity index (χ3n) is 2.86. The predicted molar refractivity (Wildman–Crippen MR) is 72.1 cm³/mol. The van der Waals surface area contributed by atoms with Crippen LogP contribution in [0, 0.1) is 17.0 Å². The van der Waals surface area contributed by atoms with Gasteiger partial charge in [-0.1, -0.05) is 12.1 Å². The molecular weight excluding hydrogens is 278 g/mol. The largest absolute Gasteiger partial charge is 0.419 e. The van der Waals surface area contributed by atoms with Crippen molar-refractivity contribution in [3.8, 4) is 0 Å². The van der Waals surface area contributed by atoms with Gasteiger partial charge >= 0.3 is 11.9 Å². The van der Waals surface area contributed by atoms with Gasteiger partial charge in [-0.15, -0.1) is 0 Å². The number of esters is 2. The number of nitro groups is 1. The van der Waals surface area contributed by atoms with Crippen LogP contribution in [0.2, 0.25) is 0 Å². The number of carbonyl (C=O) groups is 2. The van der Waals surface area contributed by atoms with Gasteiger partial charge in [0.2, 0.25) is 0 Å². The minimum atomic E-state index is -1.31. The number of rotatable bonds is 2. The number of benzene rings is 1. The van der Waals surface area contributed by atoms with Crippen molar-refractivity contribution in [3.63, 3.8) is 0 Å². The Morgan fingerprint density at radius 3 is 2.29 bits per heavy atom. The van der Waals surface area contributed by atoms with Gasteiger partial charge in [0, 0.05) is 25.5 Å². The van der Waals surface area contributed by atoms with Gasteiger partial charge in [-0.3, -0.25) is 10.1 Å². The zero-order valence-corrected chi connectivity index (χ0v) is 11.7. The van der Waals surface area contributed by atoms with Crippen LogP contribution in [0.4, 0.5) is 5.69 Å². The molecule has 0 amide bonds. The minimum Gasteiger partial charge on any atom is -0.419 e. The Balaban J connectivity index is 2.40. The SMILES string of the molecule is Cc1ccc(C=C2C(=O)OC(C)(C)OC2=O)cc1[N+](=O)[O-]. The number of nitrogens with zero attached hydrogens (tertiary/aromatic N) is 1. The summed E-state index contributed by atoms with van der Waals surface area (Å²) in [5, 5.41) is 10.9. The van der Waals surface area contributed by atoms with Crippen molar-refractivity contribution in [2.45, 2.75) is 26.6 Å². The highest BCUT2D eigenvalue weighted by Gasteiger charge is 2.38. The highest BCUT2D eigenvalue weighted by molar-refractivity contribution is 6.18. The van der Waals surface area contributed by atoms with E-state index in [1.54, 1.807) is 13.0 Å². The first-order valence-corrected chi connectivity index (χ1v) is 6.13. The average Bonchev–Trinajstić information content (AvgIpc) is 2.34. The van der Waals surface area contributed by atoms with Crippen LogP contribution in [0.5, 0.6) is 0 Å². The van der Waals surface area contributed by atoms with Crippen LogP contribution in [-0.2, 0) is 19.1 Å². The van der Waals surface area contributed by atoms with Crippen LogP contribution >= 0.6 is 0 Å². The normalized spacial score (nSPS) is 17.0. The average molecular weight is 291 g/mol. The van der Waals surface area contributed by atoms with E-state index in [1.807, 2.05) is 0 Å². The van der Waals surface area contributed by atoms with Crippen molar-refractivity contribution in [1.82, 2.24) is 0 Å². The summed E-state index contributed by atoms with van der Waals surface area (Å²) in [5.41, 5.74) is 0.433. The van der Waals surface area contributed by atoms with E-state index >= 15 is 0 Å². The Labute approximate surface area is 120 Å². The van der Waals surface area contributed by atoms with Crippen molar-refractivity contribution >= 4 is 23.7 Å². The number of hydrogen-bond donors (Lipinski definition) is 0. The maximum atomic E-state index is 11.8. The van der Waals surface area contributed by atoms with E-state index in [-0.39, 0.29) is 11.3 Å². The molecule has 0 radical (unpaired) electrons. The molecule has 0 spiro atoms. The summed E-state index contributed by atoms with van der Waals surface area (Å²) in [4.78, 5) is 33.9. The Morgan fingerprint density at radius 1 is 1.19 bits per heavy atom. The third kappa shape index (κ3) is 3.07. The van der Waals surface area contributed by atoms with Gasteiger partial charge < -0.3 is 9.47 Å². The van der Waals surface area contributed by atoms with Gasteiger partial charge in [0.25, 0.3) is 11.5 Å². The number of cyclic esters (lactones) is 2. The second kappa shape index (κ2) is 5.01. The molecule has 0 saturated carbocycles. The molecule has 1 aliphatic rings. The first-order chi connectivity index (χ1) is 9.69. The van der Waals surface area contributed by atoms with E-state index in [4.69, 9.17) is 9.47 Å². The highest BCUT2D eigenvalue weighted by atomic mass is 16.7. The van der Waals surface area contributed by atoms with Crippen LogP contribution in [0.3, 0.4) is 0 Å². The second-order valence-corrected chi connectivity index (χ2v) is 5.04. The van der Waals surface area contributed by atoms with Crippen LogP contribution in [0.1, 0.15) is 25.0 Å². The molecule has 0 N–H and O–H groups in total. The lowest BCUT2D eigenvalue weighted by Crippen LogP contribution is -2.41. The van der Waals surface area contributed by atoms with Gasteiger partial charge in [-0.2, -0.15) is 0 Å². The second-order valence-electron chi connectivity index (χ2n) is 5.04. The first kappa shape index (κ1) is 14.7. The van der Waals surface area contributed by atoms with E-state index in [0.717, 1.165) is 0 Å². The predicted octanol–water partition coefficient (Wildman–Crippen LogP) is 2.12. The zero-order chi connectivity index (χ0) is 15.8. The van der Waals surface area contributed by atoms with Gasteiger partial charge in [0.15, 0.2) is 0 Å². The molecule has 7 nitrogen and oxygen atoms in total. The lowest BCUT2D eigenvalue weighted by molar-refractivity contribution is -0.385. The first-order valence-electron chi connectivity index (χ1n) is 6.13. The summed E-state index contributed by atoms with van der Waals surface area (Å²) < 4.78 is 9.89. The molecule has 0 aromatic heterocycles. The fraction of sp³-hybridized carbons (Fsp3) is 0.286. The molecule has 2 rings (SSSR count). The van der Waals surface area contributed by atoms with Crippen molar-refractivity contribution in [2.24, 2.45) is 0 Å². The molecule has 1 fully saturated rings. The molecule has 0 bridgehead atoms. The van der Waals surface area contributed by atoms with E-state index in [2.05, 4.69) is 0 Å². The van der Waals surface area contributed by atoms with Crippen molar-refractivity contribution < 1.29 is 24.0 Å². The molecule has 1 saturated heterocycles. The fourth-order valence-electron chi connectivity index (χ4n) is 1.86. The van der Waals surface area contributed by atoms with Crippen molar-refractivity contribution in [2.75, 3.05) is 0 Å². The smallest absolute Gasteiger partial charge is 0.348 e. The number of ether oxygens (including phenoxy) is 2. The van der Waals surface area contributed by atoms with Crippen LogP contribution in [-0.4, -0.2) is 22.6 Å². The fourth-order valence-corrected chi connectivity index (χ4v) is 1.86. The Bertz CT molecular complexity index is 652. The van der Waals surface area contributed by atoms with Gasteiger partial charge in [-0.25, -0.2) is 9.59 Å². The molecule has 0 atom stereocenters. The maximum absolute atomic E-state index is 11.8. The number of nitro benzene ring substituents is 1. The van der Waals surface area contributed by atoms with Crippen LogP contribution in [0.25, 0.3) is 6.08 Å². The topological polar surface area (TPSA) is 95.7 Å². The summed E-state index contributed by atoms with van der Waals surface area (Å²) >= 11 is 0. The molecule has 1 heterocycles. The summed E-state index contributed by atoms with van der Waals surface area (Å²) in [6.45, 7) is 4.48. The molecular formula is C14H13NO6. The number of aryl methyl sites for hydroxylation is 1. The Morgan fingerprint density at radius 2 is 1.76 bits per heavy atom.